The number of aromatic amines is 1. The molecular formula is C22H21FN6O2S. The Kier molecular flexibility index (Phi) is 5.87. The van der Waals surface area contributed by atoms with Gasteiger partial charge in [0.25, 0.3) is 0 Å². The zero-order chi connectivity index (χ0) is 21.9. The fraction of sp³-hybridized carbons (Fsp3) is 0.273. The predicted molar refractivity (Wildman–Crippen MR) is 120 cm³/mol. The monoisotopic (exact) mass is 452 g/mol. The van der Waals surface area contributed by atoms with Crippen molar-refractivity contribution in [1.82, 2.24) is 24.7 Å². The fourth-order valence-corrected chi connectivity index (χ4v) is 4.42. The molecule has 0 unspecified atom stereocenters. The number of halogens is 1. The minimum absolute atomic E-state index is 0.0638. The number of aromatic nitrogens is 5. The first-order valence-electron chi connectivity index (χ1n) is 10.3. The van der Waals surface area contributed by atoms with E-state index in [1.807, 2.05) is 28.8 Å². The Morgan fingerprint density at radius 3 is 2.84 bits per heavy atom. The van der Waals surface area contributed by atoms with Crippen molar-refractivity contribution in [2.24, 2.45) is 0 Å². The number of rotatable bonds is 7. The number of amides is 1. The van der Waals surface area contributed by atoms with Crippen LogP contribution in [0.1, 0.15) is 12.8 Å². The summed E-state index contributed by atoms with van der Waals surface area (Å²) >= 11 is 1.29. The third-order valence-corrected chi connectivity index (χ3v) is 6.18. The number of para-hydroxylation sites is 2. The first-order chi connectivity index (χ1) is 15.7. The maximum Gasteiger partial charge on any atom is 0.237 e. The molecule has 2 aromatic carbocycles. The molecular weight excluding hydrogens is 431 g/mol. The molecule has 1 fully saturated rings. The zero-order valence-corrected chi connectivity index (χ0v) is 17.9. The van der Waals surface area contributed by atoms with Gasteiger partial charge in [-0.2, -0.15) is 0 Å². The molecule has 0 bridgehead atoms. The Morgan fingerprint density at radius 1 is 1.22 bits per heavy atom. The molecule has 0 radical (unpaired) electrons. The van der Waals surface area contributed by atoms with Crippen LogP contribution in [0.2, 0.25) is 0 Å². The predicted octanol–water partition coefficient (Wildman–Crippen LogP) is 3.87. The van der Waals surface area contributed by atoms with Crippen LogP contribution in [-0.4, -0.2) is 49.1 Å². The van der Waals surface area contributed by atoms with Gasteiger partial charge in [0.05, 0.1) is 29.4 Å². The van der Waals surface area contributed by atoms with Crippen molar-refractivity contribution in [2.45, 2.75) is 30.6 Å². The second-order valence-corrected chi connectivity index (χ2v) is 8.44. The van der Waals surface area contributed by atoms with E-state index in [1.54, 1.807) is 12.1 Å². The Morgan fingerprint density at radius 2 is 2.06 bits per heavy atom. The van der Waals surface area contributed by atoms with Crippen molar-refractivity contribution in [2.75, 3.05) is 17.7 Å². The molecule has 8 nitrogen and oxygen atoms in total. The summed E-state index contributed by atoms with van der Waals surface area (Å²) < 4.78 is 21.1. The minimum Gasteiger partial charge on any atom is -0.376 e. The summed E-state index contributed by atoms with van der Waals surface area (Å²) in [6.45, 7) is 1.31. The van der Waals surface area contributed by atoms with Crippen molar-refractivity contribution in [3.8, 4) is 11.4 Å². The highest BCUT2D eigenvalue weighted by Gasteiger charge is 2.22. The quantitative estimate of drug-likeness (QED) is 0.413. The first-order valence-corrected chi connectivity index (χ1v) is 11.3. The summed E-state index contributed by atoms with van der Waals surface area (Å²) in [5, 5.41) is 12.0. The third kappa shape index (κ3) is 4.51. The normalized spacial score (nSPS) is 16.0. The van der Waals surface area contributed by atoms with Crippen LogP contribution in [-0.2, 0) is 16.1 Å². The minimum atomic E-state index is -0.309. The van der Waals surface area contributed by atoms with E-state index >= 15 is 0 Å². The maximum absolute atomic E-state index is 13.4. The molecule has 5 rings (SSSR count). The number of fused-ring (bicyclic) bond motifs is 1. The second kappa shape index (κ2) is 9.09. The number of benzene rings is 2. The van der Waals surface area contributed by atoms with Gasteiger partial charge in [-0.1, -0.05) is 23.9 Å². The maximum atomic E-state index is 13.4. The van der Waals surface area contributed by atoms with Crippen molar-refractivity contribution in [3.05, 3.63) is 54.3 Å². The Balaban J connectivity index is 1.31. The van der Waals surface area contributed by atoms with Crippen LogP contribution >= 0.6 is 11.8 Å². The van der Waals surface area contributed by atoms with Gasteiger partial charge >= 0.3 is 0 Å². The number of ether oxygens (including phenoxy) is 1. The van der Waals surface area contributed by atoms with Crippen LogP contribution in [0.4, 0.5) is 10.3 Å². The van der Waals surface area contributed by atoms with E-state index in [0.29, 0.717) is 23.5 Å². The number of anilines is 1. The lowest BCUT2D eigenvalue weighted by atomic mass is 10.2. The summed E-state index contributed by atoms with van der Waals surface area (Å²) in [5.41, 5.74) is 2.40. The smallest absolute Gasteiger partial charge is 0.237 e. The van der Waals surface area contributed by atoms with Gasteiger partial charge in [-0.05, 0) is 49.2 Å². The number of hydrogen-bond donors (Lipinski definition) is 2. The number of thioether (sulfide) groups is 1. The molecule has 4 aromatic rings. The lowest BCUT2D eigenvalue weighted by Gasteiger charge is -2.14. The summed E-state index contributed by atoms with van der Waals surface area (Å²) in [5.74, 6) is 0.662. The molecule has 0 spiro atoms. The number of carbonyl (C=O) groups is 1. The first kappa shape index (κ1) is 20.7. The van der Waals surface area contributed by atoms with Gasteiger partial charge < -0.3 is 9.72 Å². The summed E-state index contributed by atoms with van der Waals surface area (Å²) in [6, 6.07) is 13.7. The highest BCUT2D eigenvalue weighted by Crippen LogP contribution is 2.27. The number of nitrogens with one attached hydrogen (secondary N) is 2. The Bertz CT molecular complexity index is 1200. The molecule has 164 valence electrons. The molecule has 3 heterocycles. The fourth-order valence-electron chi connectivity index (χ4n) is 3.67. The molecule has 2 aromatic heterocycles. The van der Waals surface area contributed by atoms with Crippen LogP contribution < -0.4 is 5.32 Å². The molecule has 1 aliphatic rings. The van der Waals surface area contributed by atoms with Crippen LogP contribution in [0.5, 0.6) is 0 Å². The standard InChI is InChI=1S/C22H21FN6O2S/c23-15-9-7-14(8-10-15)20-27-28-22(29(20)12-16-4-3-11-31-16)32-13-19(30)26-21-24-17-5-1-2-6-18(17)25-21/h1-2,5-10,16H,3-4,11-13H2,(H2,24,25,26,30)/t16-/m0/s1. The third-order valence-electron chi connectivity index (χ3n) is 5.21. The van der Waals surface area contributed by atoms with Gasteiger partial charge in [0.2, 0.25) is 11.9 Å². The molecule has 1 aliphatic heterocycles. The molecule has 1 atom stereocenters. The van der Waals surface area contributed by atoms with Gasteiger partial charge in [0.15, 0.2) is 11.0 Å². The van der Waals surface area contributed by atoms with Crippen molar-refractivity contribution in [1.29, 1.82) is 0 Å². The van der Waals surface area contributed by atoms with E-state index < -0.39 is 0 Å². The topological polar surface area (TPSA) is 97.7 Å². The molecule has 1 amide bonds. The number of hydrogen-bond acceptors (Lipinski definition) is 6. The van der Waals surface area contributed by atoms with E-state index in [4.69, 9.17) is 4.74 Å². The van der Waals surface area contributed by atoms with Gasteiger partial charge in [-0.3, -0.25) is 14.7 Å². The zero-order valence-electron chi connectivity index (χ0n) is 17.1. The van der Waals surface area contributed by atoms with E-state index in [0.717, 1.165) is 36.0 Å². The van der Waals surface area contributed by atoms with Gasteiger partial charge in [-0.15, -0.1) is 10.2 Å². The highest BCUT2D eigenvalue weighted by molar-refractivity contribution is 7.99. The Labute approximate surface area is 187 Å². The lowest BCUT2D eigenvalue weighted by Crippen LogP contribution is -2.18. The van der Waals surface area contributed by atoms with Crippen LogP contribution in [0.3, 0.4) is 0 Å². The van der Waals surface area contributed by atoms with E-state index in [9.17, 15) is 9.18 Å². The lowest BCUT2D eigenvalue weighted by molar-refractivity contribution is -0.113. The summed E-state index contributed by atoms with van der Waals surface area (Å²) in [4.78, 5) is 20.0. The molecule has 10 heteroatoms. The second-order valence-electron chi connectivity index (χ2n) is 7.50. The highest BCUT2D eigenvalue weighted by atomic mass is 32.2. The average molecular weight is 453 g/mol. The number of H-pyrrole nitrogens is 1. The van der Waals surface area contributed by atoms with Crippen LogP contribution in [0.15, 0.2) is 53.7 Å². The molecule has 0 aliphatic carbocycles. The molecule has 0 saturated carbocycles. The van der Waals surface area contributed by atoms with E-state index in [2.05, 4.69) is 25.5 Å². The SMILES string of the molecule is O=C(CSc1nnc(-c2ccc(F)cc2)n1C[C@@H]1CCCO1)Nc1nc2ccccc2[nH]1. The number of imidazole rings is 1. The number of carbonyl (C=O) groups excluding carboxylic acids is 1. The van der Waals surface area contributed by atoms with Crippen molar-refractivity contribution in [3.63, 3.8) is 0 Å². The van der Waals surface area contributed by atoms with E-state index in [-0.39, 0.29) is 23.6 Å². The van der Waals surface area contributed by atoms with Gasteiger partial charge in [0, 0.05) is 12.2 Å². The molecule has 32 heavy (non-hydrogen) atoms. The summed E-state index contributed by atoms with van der Waals surface area (Å²) in [6.07, 6.45) is 2.03. The van der Waals surface area contributed by atoms with Crippen molar-refractivity contribution >= 4 is 34.7 Å². The number of nitrogens with zero attached hydrogens (tertiary/aromatic N) is 4. The van der Waals surface area contributed by atoms with Crippen molar-refractivity contribution < 1.29 is 13.9 Å². The van der Waals surface area contributed by atoms with Crippen LogP contribution in [0.25, 0.3) is 22.4 Å². The van der Waals surface area contributed by atoms with E-state index in [1.165, 1.54) is 23.9 Å². The molecule has 1 saturated heterocycles. The molecule has 2 N–H and O–H groups in total. The largest absolute Gasteiger partial charge is 0.376 e. The summed E-state index contributed by atoms with van der Waals surface area (Å²) in [7, 11) is 0. The van der Waals surface area contributed by atoms with Gasteiger partial charge in [0.1, 0.15) is 5.82 Å². The van der Waals surface area contributed by atoms with Crippen LogP contribution in [0, 0.1) is 5.82 Å². The average Bonchev–Trinajstić information content (AvgIpc) is 3.53. The Hall–Kier alpha value is -3.24. The van der Waals surface area contributed by atoms with Gasteiger partial charge in [-0.25, -0.2) is 9.37 Å².